The summed E-state index contributed by atoms with van der Waals surface area (Å²) in [6, 6.07) is 9.11. The fourth-order valence-corrected chi connectivity index (χ4v) is 2.31. The molecule has 1 heterocycles. The van der Waals surface area contributed by atoms with Crippen LogP contribution in [0.1, 0.15) is 22.8 Å². The highest BCUT2D eigenvalue weighted by Crippen LogP contribution is 2.24. The number of likely N-dealkylation sites (N-methyl/N-ethyl adjacent to an activating group) is 1. The first-order chi connectivity index (χ1) is 12.5. The molecule has 1 aromatic heterocycles. The lowest BCUT2D eigenvalue weighted by atomic mass is 10.0. The molecule has 0 saturated carbocycles. The van der Waals surface area contributed by atoms with E-state index in [0.29, 0.717) is 35.9 Å². The number of aromatic nitrogens is 2. The molecule has 0 saturated heterocycles. The molecule has 0 aliphatic carbocycles. The highest BCUT2D eigenvalue weighted by atomic mass is 16.5. The van der Waals surface area contributed by atoms with Crippen molar-refractivity contribution in [2.75, 3.05) is 45.8 Å². The van der Waals surface area contributed by atoms with Gasteiger partial charge in [-0.3, -0.25) is 4.79 Å². The first-order valence-corrected chi connectivity index (χ1v) is 8.34. The molecule has 0 spiro atoms. The molecule has 1 aromatic carbocycles. The number of nitriles is 1. The van der Waals surface area contributed by atoms with Gasteiger partial charge in [-0.25, -0.2) is 9.97 Å². The first kappa shape index (κ1) is 19.3. The highest BCUT2D eigenvalue weighted by Gasteiger charge is 2.20. The van der Waals surface area contributed by atoms with E-state index in [-0.39, 0.29) is 5.91 Å². The average molecular weight is 353 g/mol. The number of carbonyl (C=O) groups is 1. The summed E-state index contributed by atoms with van der Waals surface area (Å²) in [6.45, 7) is 3.67. The van der Waals surface area contributed by atoms with Gasteiger partial charge in [-0.2, -0.15) is 5.26 Å². The highest BCUT2D eigenvalue weighted by molar-refractivity contribution is 5.99. The Morgan fingerprint density at radius 3 is 2.54 bits per heavy atom. The topological polar surface area (TPSA) is 82.4 Å². The van der Waals surface area contributed by atoms with Crippen LogP contribution in [0.5, 0.6) is 0 Å². The van der Waals surface area contributed by atoms with Gasteiger partial charge >= 0.3 is 0 Å². The number of nitrogens with zero attached hydrogens (tertiary/aromatic N) is 5. The van der Waals surface area contributed by atoms with Gasteiger partial charge in [0, 0.05) is 46.1 Å². The predicted molar refractivity (Wildman–Crippen MR) is 100.0 cm³/mol. The zero-order valence-corrected chi connectivity index (χ0v) is 15.6. The largest absolute Gasteiger partial charge is 0.383 e. The number of hydrogen-bond donors (Lipinski definition) is 0. The summed E-state index contributed by atoms with van der Waals surface area (Å²) >= 11 is 0. The van der Waals surface area contributed by atoms with Crippen LogP contribution in [0.3, 0.4) is 0 Å². The maximum atomic E-state index is 12.8. The van der Waals surface area contributed by atoms with Gasteiger partial charge in [0.05, 0.1) is 29.5 Å². The molecule has 0 unspecified atom stereocenters. The van der Waals surface area contributed by atoms with E-state index in [2.05, 4.69) is 16.0 Å². The summed E-state index contributed by atoms with van der Waals surface area (Å²) in [6.07, 6.45) is 1.56. The molecule has 0 aliphatic rings. The van der Waals surface area contributed by atoms with Gasteiger partial charge in [-0.05, 0) is 19.1 Å². The molecule has 0 atom stereocenters. The minimum atomic E-state index is -0.174. The second-order valence-electron chi connectivity index (χ2n) is 5.86. The van der Waals surface area contributed by atoms with Gasteiger partial charge < -0.3 is 14.5 Å². The van der Waals surface area contributed by atoms with E-state index in [1.165, 1.54) is 0 Å². The third-order valence-corrected chi connectivity index (χ3v) is 4.09. The first-order valence-electron chi connectivity index (χ1n) is 8.34. The van der Waals surface area contributed by atoms with Crippen LogP contribution in [-0.2, 0) is 4.74 Å². The van der Waals surface area contributed by atoms with E-state index in [1.807, 2.05) is 18.9 Å². The molecule has 0 radical (unpaired) electrons. The minimum Gasteiger partial charge on any atom is -0.383 e. The summed E-state index contributed by atoms with van der Waals surface area (Å²) in [5, 5.41) is 8.99. The van der Waals surface area contributed by atoms with Crippen molar-refractivity contribution in [3.05, 3.63) is 41.6 Å². The van der Waals surface area contributed by atoms with E-state index < -0.39 is 0 Å². The Morgan fingerprint density at radius 2 is 1.96 bits per heavy atom. The van der Waals surface area contributed by atoms with Crippen molar-refractivity contribution in [1.29, 1.82) is 5.26 Å². The van der Waals surface area contributed by atoms with Crippen molar-refractivity contribution in [3.8, 4) is 17.3 Å². The number of rotatable bonds is 7. The Balaban J connectivity index is 2.49. The lowest BCUT2D eigenvalue weighted by Gasteiger charge is -2.20. The predicted octanol–water partition coefficient (Wildman–Crippen LogP) is 2.19. The third-order valence-electron chi connectivity index (χ3n) is 4.09. The van der Waals surface area contributed by atoms with E-state index in [0.717, 1.165) is 12.1 Å². The number of anilines is 1. The van der Waals surface area contributed by atoms with Crippen molar-refractivity contribution < 1.29 is 9.53 Å². The minimum absolute atomic E-state index is 0.174. The van der Waals surface area contributed by atoms with Gasteiger partial charge in [0.2, 0.25) is 5.95 Å². The van der Waals surface area contributed by atoms with Crippen molar-refractivity contribution in [3.63, 3.8) is 0 Å². The molecular formula is C19H23N5O2. The van der Waals surface area contributed by atoms with Gasteiger partial charge in [0.1, 0.15) is 0 Å². The number of carbonyl (C=O) groups excluding carboxylic acids is 1. The Morgan fingerprint density at radius 1 is 1.27 bits per heavy atom. The number of hydrogen-bond acceptors (Lipinski definition) is 6. The standard InChI is InChI=1S/C19H23N5O2/c1-5-23(2)19-21-13-16(18(25)24(3)10-11-26-4)17(22-19)15-8-6-14(12-20)7-9-15/h6-9,13H,5,10-11H2,1-4H3. The van der Waals surface area contributed by atoms with Gasteiger partial charge in [-0.1, -0.05) is 12.1 Å². The van der Waals surface area contributed by atoms with Crippen LogP contribution >= 0.6 is 0 Å². The summed E-state index contributed by atoms with van der Waals surface area (Å²) in [5.74, 6) is 0.370. The third kappa shape index (κ3) is 4.35. The smallest absolute Gasteiger partial charge is 0.257 e. The fourth-order valence-electron chi connectivity index (χ4n) is 2.31. The van der Waals surface area contributed by atoms with E-state index >= 15 is 0 Å². The van der Waals surface area contributed by atoms with Gasteiger partial charge in [-0.15, -0.1) is 0 Å². The summed E-state index contributed by atoms with van der Waals surface area (Å²) < 4.78 is 5.04. The number of amides is 1. The Bertz CT molecular complexity index is 799. The van der Waals surface area contributed by atoms with Crippen LogP contribution in [0.15, 0.2) is 30.5 Å². The van der Waals surface area contributed by atoms with E-state index in [1.54, 1.807) is 49.5 Å². The van der Waals surface area contributed by atoms with Crippen molar-refractivity contribution in [1.82, 2.24) is 14.9 Å². The SMILES string of the molecule is CCN(C)c1ncc(C(=O)N(C)CCOC)c(-c2ccc(C#N)cc2)n1. The summed E-state index contributed by atoms with van der Waals surface area (Å²) in [7, 11) is 5.21. The normalized spacial score (nSPS) is 10.3. The maximum Gasteiger partial charge on any atom is 0.257 e. The Kier molecular flexibility index (Phi) is 6.64. The van der Waals surface area contributed by atoms with Crippen LogP contribution in [0.2, 0.25) is 0 Å². The number of methoxy groups -OCH3 is 1. The van der Waals surface area contributed by atoms with Crippen LogP contribution in [0.25, 0.3) is 11.3 Å². The quantitative estimate of drug-likeness (QED) is 0.759. The van der Waals surface area contributed by atoms with Crippen LogP contribution in [0.4, 0.5) is 5.95 Å². The van der Waals surface area contributed by atoms with E-state index in [4.69, 9.17) is 10.00 Å². The molecule has 2 aromatic rings. The van der Waals surface area contributed by atoms with Crippen molar-refractivity contribution in [2.24, 2.45) is 0 Å². The number of ether oxygens (including phenoxy) is 1. The number of benzene rings is 1. The summed E-state index contributed by atoms with van der Waals surface area (Å²) in [5.41, 5.74) is 2.29. The van der Waals surface area contributed by atoms with Crippen LogP contribution in [0, 0.1) is 11.3 Å². The molecule has 2 rings (SSSR count). The van der Waals surface area contributed by atoms with Crippen molar-refractivity contribution >= 4 is 11.9 Å². The molecule has 26 heavy (non-hydrogen) atoms. The molecule has 7 heteroatoms. The lowest BCUT2D eigenvalue weighted by molar-refractivity contribution is 0.0744. The lowest BCUT2D eigenvalue weighted by Crippen LogP contribution is -2.31. The molecular weight excluding hydrogens is 330 g/mol. The molecule has 136 valence electrons. The second kappa shape index (κ2) is 8.92. The molecule has 1 amide bonds. The zero-order chi connectivity index (χ0) is 19.1. The van der Waals surface area contributed by atoms with E-state index in [9.17, 15) is 4.79 Å². The zero-order valence-electron chi connectivity index (χ0n) is 15.6. The van der Waals surface area contributed by atoms with Crippen LogP contribution in [-0.4, -0.2) is 61.7 Å². The van der Waals surface area contributed by atoms with Crippen LogP contribution < -0.4 is 4.90 Å². The molecule has 0 N–H and O–H groups in total. The second-order valence-corrected chi connectivity index (χ2v) is 5.86. The average Bonchev–Trinajstić information content (AvgIpc) is 2.70. The summed E-state index contributed by atoms with van der Waals surface area (Å²) in [4.78, 5) is 25.3. The Hall–Kier alpha value is -2.98. The molecule has 0 bridgehead atoms. The molecule has 7 nitrogen and oxygen atoms in total. The molecule has 0 fully saturated rings. The van der Waals surface area contributed by atoms with Gasteiger partial charge in [0.25, 0.3) is 5.91 Å². The fraction of sp³-hybridized carbons (Fsp3) is 0.368. The monoisotopic (exact) mass is 353 g/mol. The Labute approximate surface area is 153 Å². The maximum absolute atomic E-state index is 12.8. The van der Waals surface area contributed by atoms with Gasteiger partial charge in [0.15, 0.2) is 0 Å². The molecule has 0 aliphatic heterocycles. The van der Waals surface area contributed by atoms with Crippen molar-refractivity contribution in [2.45, 2.75) is 6.92 Å².